The number of nitrogens with zero attached hydrogens (tertiary/aromatic N) is 2. The topological polar surface area (TPSA) is 58.4 Å². The van der Waals surface area contributed by atoms with Crippen LogP contribution < -0.4 is 5.32 Å². The van der Waals surface area contributed by atoms with Crippen LogP contribution in [0.5, 0.6) is 0 Å². The molecule has 1 aromatic heterocycles. The number of aryl methyl sites for hydroxylation is 1. The highest BCUT2D eigenvalue weighted by Crippen LogP contribution is 2.29. The molecule has 2 atom stereocenters. The molecule has 2 saturated heterocycles. The lowest BCUT2D eigenvalue weighted by Crippen LogP contribution is -2.42. The number of carbonyl (C=O) groups excluding carboxylic acids is 1. The number of carbonyl (C=O) groups is 1. The van der Waals surface area contributed by atoms with E-state index >= 15 is 0 Å². The van der Waals surface area contributed by atoms with Crippen molar-refractivity contribution < 1.29 is 9.21 Å². The molecule has 2 bridgehead atoms. The molecule has 18 heavy (non-hydrogen) atoms. The summed E-state index contributed by atoms with van der Waals surface area (Å²) in [6.07, 6.45) is 5.36. The number of amides is 1. The quantitative estimate of drug-likeness (QED) is 0.855. The summed E-state index contributed by atoms with van der Waals surface area (Å²) < 4.78 is 5.27. The number of aromatic nitrogens is 1. The van der Waals surface area contributed by atoms with E-state index in [1.165, 1.54) is 6.39 Å². The molecule has 5 heteroatoms. The van der Waals surface area contributed by atoms with Crippen LogP contribution in [0, 0.1) is 0 Å². The van der Waals surface area contributed by atoms with Gasteiger partial charge in [0.1, 0.15) is 5.76 Å². The fourth-order valence-corrected chi connectivity index (χ4v) is 3.13. The molecule has 5 nitrogen and oxygen atoms in total. The van der Waals surface area contributed by atoms with E-state index in [1.807, 2.05) is 11.8 Å². The van der Waals surface area contributed by atoms with E-state index in [2.05, 4.69) is 10.3 Å². The number of hydrogen-bond acceptors (Lipinski definition) is 4. The number of hydrogen-bond donors (Lipinski definition) is 1. The molecule has 98 valence electrons. The van der Waals surface area contributed by atoms with Crippen molar-refractivity contribution in [2.45, 2.75) is 44.7 Å². The van der Waals surface area contributed by atoms with Gasteiger partial charge in [-0.3, -0.25) is 4.79 Å². The zero-order valence-electron chi connectivity index (χ0n) is 10.7. The van der Waals surface area contributed by atoms with Crippen LogP contribution in [0.2, 0.25) is 0 Å². The predicted molar refractivity (Wildman–Crippen MR) is 66.3 cm³/mol. The van der Waals surface area contributed by atoms with Crippen molar-refractivity contribution in [1.29, 1.82) is 0 Å². The molecule has 2 aliphatic rings. The maximum absolute atomic E-state index is 12.6. The molecule has 1 amide bonds. The molecule has 0 saturated carbocycles. The van der Waals surface area contributed by atoms with Crippen LogP contribution in [0.15, 0.2) is 10.8 Å². The van der Waals surface area contributed by atoms with Crippen LogP contribution in [0.25, 0.3) is 0 Å². The van der Waals surface area contributed by atoms with E-state index in [0.717, 1.165) is 32.4 Å². The third kappa shape index (κ3) is 1.82. The summed E-state index contributed by atoms with van der Waals surface area (Å²) in [5, 5.41) is 3.40. The second kappa shape index (κ2) is 4.72. The minimum Gasteiger partial charge on any atom is -0.448 e. The highest BCUT2D eigenvalue weighted by molar-refractivity contribution is 5.93. The van der Waals surface area contributed by atoms with Gasteiger partial charge >= 0.3 is 0 Å². The third-order valence-corrected chi connectivity index (χ3v) is 4.05. The minimum absolute atomic E-state index is 0.0526. The first-order valence-electron chi connectivity index (χ1n) is 6.77. The molecular formula is C13H19N3O2. The average molecular weight is 249 g/mol. The highest BCUT2D eigenvalue weighted by Gasteiger charge is 2.39. The zero-order chi connectivity index (χ0) is 12.5. The molecule has 2 aliphatic heterocycles. The molecular weight excluding hydrogens is 230 g/mol. The van der Waals surface area contributed by atoms with Crippen molar-refractivity contribution in [2.75, 3.05) is 13.1 Å². The van der Waals surface area contributed by atoms with Crippen LogP contribution in [-0.4, -0.2) is 41.0 Å². The Bertz CT molecular complexity index is 429. The van der Waals surface area contributed by atoms with Gasteiger partial charge < -0.3 is 14.6 Å². The molecule has 0 aromatic carbocycles. The van der Waals surface area contributed by atoms with E-state index in [1.54, 1.807) is 0 Å². The van der Waals surface area contributed by atoms with Gasteiger partial charge in [0, 0.05) is 25.0 Å². The van der Waals surface area contributed by atoms with E-state index in [4.69, 9.17) is 4.42 Å². The van der Waals surface area contributed by atoms with E-state index < -0.39 is 0 Å². The van der Waals surface area contributed by atoms with E-state index in [-0.39, 0.29) is 5.91 Å². The molecule has 1 aromatic rings. The Hall–Kier alpha value is -1.36. The SMILES string of the molecule is CCc1ocnc1C(=O)N1[C@H]2CCNC[C@@H]1CC2. The van der Waals surface area contributed by atoms with Gasteiger partial charge in [-0.25, -0.2) is 4.98 Å². The molecule has 2 fully saturated rings. The molecule has 0 radical (unpaired) electrons. The van der Waals surface area contributed by atoms with Gasteiger partial charge in [0.2, 0.25) is 0 Å². The normalized spacial score (nSPS) is 27.3. The summed E-state index contributed by atoms with van der Waals surface area (Å²) in [5.41, 5.74) is 0.510. The summed E-state index contributed by atoms with van der Waals surface area (Å²) in [7, 11) is 0. The Balaban J connectivity index is 1.87. The Kier molecular flexibility index (Phi) is 3.07. The lowest BCUT2D eigenvalue weighted by atomic mass is 10.1. The van der Waals surface area contributed by atoms with Gasteiger partial charge in [0.05, 0.1) is 0 Å². The van der Waals surface area contributed by atoms with Crippen LogP contribution in [0.4, 0.5) is 0 Å². The first-order chi connectivity index (χ1) is 8.81. The maximum atomic E-state index is 12.6. The Labute approximate surface area is 107 Å². The summed E-state index contributed by atoms with van der Waals surface area (Å²) in [5.74, 6) is 0.758. The Morgan fingerprint density at radius 3 is 3.17 bits per heavy atom. The van der Waals surface area contributed by atoms with Gasteiger partial charge in [-0.05, 0) is 25.8 Å². The van der Waals surface area contributed by atoms with E-state index in [0.29, 0.717) is 30.0 Å². The number of fused-ring (bicyclic) bond motifs is 2. The predicted octanol–water partition coefficient (Wildman–Crippen LogP) is 1.20. The monoisotopic (exact) mass is 249 g/mol. The smallest absolute Gasteiger partial charge is 0.276 e. The van der Waals surface area contributed by atoms with Crippen LogP contribution in [0.1, 0.15) is 42.4 Å². The fourth-order valence-electron chi connectivity index (χ4n) is 3.13. The van der Waals surface area contributed by atoms with Crippen LogP contribution >= 0.6 is 0 Å². The second-order valence-corrected chi connectivity index (χ2v) is 5.07. The van der Waals surface area contributed by atoms with Gasteiger partial charge in [-0.15, -0.1) is 0 Å². The summed E-state index contributed by atoms with van der Waals surface area (Å²) in [4.78, 5) is 18.8. The largest absolute Gasteiger partial charge is 0.448 e. The number of oxazole rings is 1. The van der Waals surface area contributed by atoms with Gasteiger partial charge in [-0.1, -0.05) is 6.92 Å². The summed E-state index contributed by atoms with van der Waals surface area (Å²) in [6, 6.07) is 0.699. The standard InChI is InChI=1S/C13H19N3O2/c1-2-11-12(15-8-18-11)13(17)16-9-3-4-10(16)7-14-6-5-9/h8-10,14H,2-7H2,1H3/t9-,10+/m1/s1. The molecule has 3 heterocycles. The maximum Gasteiger partial charge on any atom is 0.276 e. The first kappa shape index (κ1) is 11.7. The van der Waals surface area contributed by atoms with Crippen LogP contribution in [-0.2, 0) is 6.42 Å². The van der Waals surface area contributed by atoms with Crippen molar-refractivity contribution in [3.63, 3.8) is 0 Å². The lowest BCUT2D eigenvalue weighted by Gasteiger charge is -2.27. The van der Waals surface area contributed by atoms with Crippen molar-refractivity contribution >= 4 is 5.91 Å². The molecule has 1 N–H and O–H groups in total. The van der Waals surface area contributed by atoms with Crippen LogP contribution in [0.3, 0.4) is 0 Å². The number of nitrogens with one attached hydrogen (secondary N) is 1. The fraction of sp³-hybridized carbons (Fsp3) is 0.692. The molecule has 0 spiro atoms. The van der Waals surface area contributed by atoms with Crippen molar-refractivity contribution in [1.82, 2.24) is 15.2 Å². The lowest BCUT2D eigenvalue weighted by molar-refractivity contribution is 0.0672. The van der Waals surface area contributed by atoms with Gasteiger partial charge in [0.15, 0.2) is 12.1 Å². The second-order valence-electron chi connectivity index (χ2n) is 5.07. The Morgan fingerprint density at radius 2 is 2.33 bits per heavy atom. The Morgan fingerprint density at radius 1 is 1.50 bits per heavy atom. The molecule has 0 unspecified atom stereocenters. The van der Waals surface area contributed by atoms with Crippen molar-refractivity contribution in [2.24, 2.45) is 0 Å². The zero-order valence-corrected chi connectivity index (χ0v) is 10.7. The van der Waals surface area contributed by atoms with Crippen molar-refractivity contribution in [3.05, 3.63) is 17.8 Å². The minimum atomic E-state index is 0.0526. The van der Waals surface area contributed by atoms with E-state index in [9.17, 15) is 4.79 Å². The molecule has 0 aliphatic carbocycles. The van der Waals surface area contributed by atoms with Gasteiger partial charge in [0.25, 0.3) is 5.91 Å². The average Bonchev–Trinajstić information content (AvgIpc) is 2.91. The number of rotatable bonds is 2. The van der Waals surface area contributed by atoms with Crippen molar-refractivity contribution in [3.8, 4) is 0 Å². The third-order valence-electron chi connectivity index (χ3n) is 4.05. The molecule has 3 rings (SSSR count). The first-order valence-corrected chi connectivity index (χ1v) is 6.77. The summed E-state index contributed by atoms with van der Waals surface area (Å²) in [6.45, 7) is 3.89. The summed E-state index contributed by atoms with van der Waals surface area (Å²) >= 11 is 0. The van der Waals surface area contributed by atoms with Gasteiger partial charge in [-0.2, -0.15) is 0 Å². The highest BCUT2D eigenvalue weighted by atomic mass is 16.3.